The number of anilines is 1. The molecule has 0 aliphatic carbocycles. The van der Waals surface area contributed by atoms with Gasteiger partial charge in [-0.1, -0.05) is 25.1 Å². The second-order valence-electron chi connectivity index (χ2n) is 6.75. The molecule has 2 aromatic rings. The minimum Gasteiger partial charge on any atom is -0.493 e. The zero-order valence-electron chi connectivity index (χ0n) is 17.4. The van der Waals surface area contributed by atoms with E-state index in [1.54, 1.807) is 38.5 Å². The van der Waals surface area contributed by atoms with Crippen molar-refractivity contribution < 1.29 is 22.7 Å². The van der Waals surface area contributed by atoms with Crippen molar-refractivity contribution in [2.45, 2.75) is 26.3 Å². The number of sulfonamides is 1. The Hall–Kier alpha value is -2.74. The molecular formula is C21H28N2O5S. The smallest absolute Gasteiger partial charge is 0.241 e. The first-order chi connectivity index (χ1) is 13.7. The Labute approximate surface area is 172 Å². The number of nitrogens with zero attached hydrogens (tertiary/aromatic N) is 1. The SMILES string of the molecule is CCC(NC(=O)CN(c1cccc(C)c1)S(C)(=O)=O)c1ccc(OC)c(OC)c1. The van der Waals surface area contributed by atoms with Crippen LogP contribution in [0.15, 0.2) is 42.5 Å². The van der Waals surface area contributed by atoms with Crippen LogP contribution >= 0.6 is 0 Å². The third-order valence-corrected chi connectivity index (χ3v) is 5.67. The van der Waals surface area contributed by atoms with Crippen LogP contribution in [-0.4, -0.2) is 41.3 Å². The van der Waals surface area contributed by atoms with Gasteiger partial charge in [-0.25, -0.2) is 8.42 Å². The molecule has 0 bridgehead atoms. The summed E-state index contributed by atoms with van der Waals surface area (Å²) in [5, 5.41) is 2.92. The molecule has 0 heterocycles. The molecule has 1 N–H and O–H groups in total. The van der Waals surface area contributed by atoms with Crippen molar-refractivity contribution in [3.63, 3.8) is 0 Å². The highest BCUT2D eigenvalue weighted by molar-refractivity contribution is 7.92. The van der Waals surface area contributed by atoms with Crippen molar-refractivity contribution in [2.24, 2.45) is 0 Å². The van der Waals surface area contributed by atoms with Crippen LogP contribution in [0, 0.1) is 6.92 Å². The zero-order valence-corrected chi connectivity index (χ0v) is 18.2. The molecule has 0 aromatic heterocycles. The Balaban J connectivity index is 2.22. The van der Waals surface area contributed by atoms with Crippen LogP contribution in [0.1, 0.15) is 30.5 Å². The number of rotatable bonds is 9. The molecule has 8 heteroatoms. The van der Waals surface area contributed by atoms with E-state index >= 15 is 0 Å². The molecular weight excluding hydrogens is 392 g/mol. The van der Waals surface area contributed by atoms with E-state index in [0.29, 0.717) is 23.6 Å². The van der Waals surface area contributed by atoms with Crippen molar-refractivity contribution >= 4 is 21.6 Å². The lowest BCUT2D eigenvalue weighted by Crippen LogP contribution is -2.41. The van der Waals surface area contributed by atoms with Crippen molar-refractivity contribution in [3.05, 3.63) is 53.6 Å². The van der Waals surface area contributed by atoms with Gasteiger partial charge in [-0.05, 0) is 48.7 Å². The lowest BCUT2D eigenvalue weighted by molar-refractivity contribution is -0.120. The lowest BCUT2D eigenvalue weighted by atomic mass is 10.0. The van der Waals surface area contributed by atoms with E-state index in [2.05, 4.69) is 5.32 Å². The fraction of sp³-hybridized carbons (Fsp3) is 0.381. The van der Waals surface area contributed by atoms with Crippen molar-refractivity contribution in [1.29, 1.82) is 0 Å². The first kappa shape index (κ1) is 22.5. The largest absolute Gasteiger partial charge is 0.493 e. The van der Waals surface area contributed by atoms with E-state index in [4.69, 9.17) is 9.47 Å². The number of ether oxygens (including phenoxy) is 2. The maximum Gasteiger partial charge on any atom is 0.241 e. The van der Waals surface area contributed by atoms with Crippen LogP contribution in [0.3, 0.4) is 0 Å². The molecule has 1 unspecified atom stereocenters. The topological polar surface area (TPSA) is 84.9 Å². The molecule has 0 spiro atoms. The number of aryl methyl sites for hydroxylation is 1. The maximum atomic E-state index is 12.7. The minimum absolute atomic E-state index is 0.291. The highest BCUT2D eigenvalue weighted by atomic mass is 32.2. The molecule has 0 aliphatic heterocycles. The Morgan fingerprint density at radius 2 is 1.79 bits per heavy atom. The summed E-state index contributed by atoms with van der Waals surface area (Å²) in [5.41, 5.74) is 2.22. The minimum atomic E-state index is -3.62. The number of carbonyl (C=O) groups is 1. The van der Waals surface area contributed by atoms with E-state index < -0.39 is 15.9 Å². The average molecular weight is 421 g/mol. The van der Waals surface area contributed by atoms with Crippen molar-refractivity contribution in [3.8, 4) is 11.5 Å². The maximum absolute atomic E-state index is 12.7. The van der Waals surface area contributed by atoms with Gasteiger partial charge in [-0.2, -0.15) is 0 Å². The molecule has 158 valence electrons. The number of hydrogen-bond acceptors (Lipinski definition) is 5. The van der Waals surface area contributed by atoms with Crippen LogP contribution in [-0.2, 0) is 14.8 Å². The number of methoxy groups -OCH3 is 2. The van der Waals surface area contributed by atoms with Crippen LogP contribution in [0.2, 0.25) is 0 Å². The monoisotopic (exact) mass is 420 g/mol. The second-order valence-corrected chi connectivity index (χ2v) is 8.66. The Bertz CT molecular complexity index is 959. The summed E-state index contributed by atoms with van der Waals surface area (Å²) in [7, 11) is -0.515. The molecule has 2 aromatic carbocycles. The van der Waals surface area contributed by atoms with Crippen LogP contribution < -0.4 is 19.1 Å². The van der Waals surface area contributed by atoms with E-state index in [9.17, 15) is 13.2 Å². The summed E-state index contributed by atoms with van der Waals surface area (Å²) in [6, 6.07) is 12.2. The highest BCUT2D eigenvalue weighted by Crippen LogP contribution is 2.31. The van der Waals surface area contributed by atoms with Gasteiger partial charge in [0.15, 0.2) is 11.5 Å². The molecule has 29 heavy (non-hydrogen) atoms. The predicted molar refractivity (Wildman–Crippen MR) is 114 cm³/mol. The Kier molecular flexibility index (Phi) is 7.50. The van der Waals surface area contributed by atoms with Gasteiger partial charge in [0.25, 0.3) is 0 Å². The van der Waals surface area contributed by atoms with Gasteiger partial charge in [0.2, 0.25) is 15.9 Å². The number of amides is 1. The van der Waals surface area contributed by atoms with Gasteiger partial charge in [0.1, 0.15) is 6.54 Å². The number of hydrogen-bond donors (Lipinski definition) is 1. The zero-order chi connectivity index (χ0) is 21.6. The predicted octanol–water partition coefficient (Wildman–Crippen LogP) is 3.05. The molecule has 2 rings (SSSR count). The summed E-state index contributed by atoms with van der Waals surface area (Å²) < 4.78 is 36.2. The fourth-order valence-electron chi connectivity index (χ4n) is 3.04. The fourth-order valence-corrected chi connectivity index (χ4v) is 3.89. The number of carbonyl (C=O) groups excluding carboxylic acids is 1. The Morgan fingerprint density at radius 1 is 1.10 bits per heavy atom. The van der Waals surface area contributed by atoms with Crippen LogP contribution in [0.25, 0.3) is 0 Å². The van der Waals surface area contributed by atoms with E-state index in [-0.39, 0.29) is 12.6 Å². The lowest BCUT2D eigenvalue weighted by Gasteiger charge is -2.24. The molecule has 0 saturated heterocycles. The van der Waals surface area contributed by atoms with Gasteiger partial charge in [-0.3, -0.25) is 9.10 Å². The molecule has 0 aliphatic rings. The van der Waals surface area contributed by atoms with E-state index in [0.717, 1.165) is 21.7 Å². The van der Waals surface area contributed by atoms with Crippen molar-refractivity contribution in [2.75, 3.05) is 31.3 Å². The van der Waals surface area contributed by atoms with Gasteiger partial charge >= 0.3 is 0 Å². The highest BCUT2D eigenvalue weighted by Gasteiger charge is 2.23. The molecule has 0 fully saturated rings. The standard InChI is InChI=1S/C21H28N2O5S/c1-6-18(16-10-11-19(27-3)20(13-16)28-4)22-21(24)14-23(29(5,25)26)17-9-7-8-15(2)12-17/h7-13,18H,6,14H2,1-5H3,(H,22,24). The summed E-state index contributed by atoms with van der Waals surface area (Å²) in [6.45, 7) is 3.51. The van der Waals surface area contributed by atoms with E-state index in [1.165, 1.54) is 0 Å². The molecule has 0 radical (unpaired) electrons. The first-order valence-electron chi connectivity index (χ1n) is 9.25. The van der Waals surface area contributed by atoms with Gasteiger partial charge < -0.3 is 14.8 Å². The van der Waals surface area contributed by atoms with Gasteiger partial charge in [-0.15, -0.1) is 0 Å². The average Bonchev–Trinajstić information content (AvgIpc) is 2.68. The molecule has 1 amide bonds. The van der Waals surface area contributed by atoms with Gasteiger partial charge in [0.05, 0.1) is 32.2 Å². The summed E-state index contributed by atoms with van der Waals surface area (Å²) in [5.74, 6) is 0.772. The first-order valence-corrected chi connectivity index (χ1v) is 11.1. The summed E-state index contributed by atoms with van der Waals surface area (Å²) in [6.07, 6.45) is 1.72. The Morgan fingerprint density at radius 3 is 2.34 bits per heavy atom. The summed E-state index contributed by atoms with van der Waals surface area (Å²) >= 11 is 0. The van der Waals surface area contributed by atoms with Crippen LogP contribution in [0.5, 0.6) is 11.5 Å². The van der Waals surface area contributed by atoms with Crippen molar-refractivity contribution in [1.82, 2.24) is 5.32 Å². The number of benzene rings is 2. The summed E-state index contributed by atoms with van der Waals surface area (Å²) in [4.78, 5) is 12.7. The quantitative estimate of drug-likeness (QED) is 0.674. The van der Waals surface area contributed by atoms with Gasteiger partial charge in [0, 0.05) is 0 Å². The third kappa shape index (κ3) is 5.87. The molecule has 0 saturated carbocycles. The second kappa shape index (κ2) is 9.65. The van der Waals surface area contributed by atoms with E-state index in [1.807, 2.05) is 32.0 Å². The molecule has 1 atom stereocenters. The van der Waals surface area contributed by atoms with Crippen LogP contribution in [0.4, 0.5) is 5.69 Å². The third-order valence-electron chi connectivity index (χ3n) is 4.53. The normalized spacial score (nSPS) is 12.2. The number of nitrogens with one attached hydrogen (secondary N) is 1. The molecule has 7 nitrogen and oxygen atoms in total.